The van der Waals surface area contributed by atoms with Crippen molar-refractivity contribution in [2.45, 2.75) is 25.2 Å². The van der Waals surface area contributed by atoms with Crippen molar-refractivity contribution in [3.05, 3.63) is 71.5 Å². The standard InChI is InChI=1S/C22H25N5O5S/c1-14(2)11-17-13-20(24-23-17)22(29)26-25-21(28)15-5-4-6-19(12-15)33(30,31)27-16-7-9-18(32-3)10-8-16/h4-10,12-14,27H,11H2,1-3H3,(H,23,24)(H,25,28)(H,26,29). The van der Waals surface area contributed by atoms with Gasteiger partial charge in [0, 0.05) is 16.9 Å². The smallest absolute Gasteiger partial charge is 0.290 e. The summed E-state index contributed by atoms with van der Waals surface area (Å²) in [5, 5.41) is 6.72. The minimum Gasteiger partial charge on any atom is -0.497 e. The lowest BCUT2D eigenvalue weighted by atomic mass is 10.1. The largest absolute Gasteiger partial charge is 0.497 e. The lowest BCUT2D eigenvalue weighted by molar-refractivity contribution is 0.0844. The molecule has 4 N–H and O–H groups in total. The molecule has 33 heavy (non-hydrogen) atoms. The van der Waals surface area contributed by atoms with Crippen LogP contribution in [0.3, 0.4) is 0 Å². The zero-order valence-corrected chi connectivity index (χ0v) is 19.2. The third kappa shape index (κ3) is 6.32. The zero-order chi connectivity index (χ0) is 24.0. The molecule has 11 heteroatoms. The van der Waals surface area contributed by atoms with Gasteiger partial charge in [-0.15, -0.1) is 0 Å². The number of hydrogen-bond donors (Lipinski definition) is 4. The SMILES string of the molecule is COc1ccc(NS(=O)(=O)c2cccc(C(=O)NNC(=O)c3cc(CC(C)C)[nH]n3)c2)cc1. The molecule has 0 aliphatic heterocycles. The highest BCUT2D eigenvalue weighted by Crippen LogP contribution is 2.20. The highest BCUT2D eigenvalue weighted by molar-refractivity contribution is 7.92. The molecule has 0 saturated carbocycles. The predicted octanol–water partition coefficient (Wildman–Crippen LogP) is 2.49. The number of hydrazine groups is 1. The van der Waals surface area contributed by atoms with Gasteiger partial charge in [-0.2, -0.15) is 5.10 Å². The summed E-state index contributed by atoms with van der Waals surface area (Å²) in [5.74, 6) is -0.296. The van der Waals surface area contributed by atoms with E-state index in [1.165, 1.54) is 31.4 Å². The molecular weight excluding hydrogens is 446 g/mol. The van der Waals surface area contributed by atoms with Gasteiger partial charge in [0.2, 0.25) is 0 Å². The van der Waals surface area contributed by atoms with Crippen LogP contribution in [0.4, 0.5) is 5.69 Å². The second-order valence-corrected chi connectivity index (χ2v) is 9.33. The minimum absolute atomic E-state index is 0.0513. The van der Waals surface area contributed by atoms with Crippen molar-refractivity contribution in [3.63, 3.8) is 0 Å². The first kappa shape index (κ1) is 23.8. The third-order valence-electron chi connectivity index (χ3n) is 4.53. The molecule has 2 aromatic carbocycles. The Hall–Kier alpha value is -3.86. The van der Waals surface area contributed by atoms with Crippen LogP contribution in [0.25, 0.3) is 0 Å². The van der Waals surface area contributed by atoms with Gasteiger partial charge in [0.1, 0.15) is 5.75 Å². The van der Waals surface area contributed by atoms with Gasteiger partial charge < -0.3 is 4.74 Å². The van der Waals surface area contributed by atoms with E-state index >= 15 is 0 Å². The number of aromatic nitrogens is 2. The molecule has 1 heterocycles. The van der Waals surface area contributed by atoms with Gasteiger partial charge in [-0.3, -0.25) is 30.3 Å². The van der Waals surface area contributed by atoms with E-state index in [1.54, 1.807) is 30.3 Å². The van der Waals surface area contributed by atoms with E-state index in [1.807, 2.05) is 13.8 Å². The molecule has 0 unspecified atom stereocenters. The van der Waals surface area contributed by atoms with Crippen molar-refractivity contribution in [3.8, 4) is 5.75 Å². The molecule has 0 spiro atoms. The van der Waals surface area contributed by atoms with Crippen molar-refractivity contribution < 1.29 is 22.7 Å². The number of aromatic amines is 1. The Morgan fingerprint density at radius 1 is 1.03 bits per heavy atom. The van der Waals surface area contributed by atoms with Gasteiger partial charge in [-0.1, -0.05) is 19.9 Å². The summed E-state index contributed by atoms with van der Waals surface area (Å²) in [6.45, 7) is 4.09. The molecule has 0 atom stereocenters. The van der Waals surface area contributed by atoms with E-state index in [4.69, 9.17) is 4.74 Å². The normalized spacial score (nSPS) is 11.2. The number of hydrogen-bond acceptors (Lipinski definition) is 6. The first-order valence-corrected chi connectivity index (χ1v) is 11.6. The highest BCUT2D eigenvalue weighted by Gasteiger charge is 2.18. The summed E-state index contributed by atoms with van der Waals surface area (Å²) < 4.78 is 32.9. The number of nitrogens with one attached hydrogen (secondary N) is 4. The molecule has 3 aromatic rings. The summed E-state index contributed by atoms with van der Waals surface area (Å²) in [6.07, 6.45) is 0.735. The monoisotopic (exact) mass is 471 g/mol. The summed E-state index contributed by atoms with van der Waals surface area (Å²) in [5.41, 5.74) is 5.87. The van der Waals surface area contributed by atoms with Crippen LogP contribution in [0.2, 0.25) is 0 Å². The van der Waals surface area contributed by atoms with Crippen molar-refractivity contribution in [1.82, 2.24) is 21.0 Å². The van der Waals surface area contributed by atoms with Gasteiger partial charge in [-0.25, -0.2) is 8.42 Å². The second kappa shape index (κ2) is 10.2. The average molecular weight is 472 g/mol. The lowest BCUT2D eigenvalue weighted by Crippen LogP contribution is -2.41. The van der Waals surface area contributed by atoms with Crippen LogP contribution >= 0.6 is 0 Å². The number of amides is 2. The number of methoxy groups -OCH3 is 1. The fraction of sp³-hybridized carbons (Fsp3) is 0.227. The molecule has 0 aliphatic carbocycles. The van der Waals surface area contributed by atoms with Crippen LogP contribution in [0, 0.1) is 5.92 Å². The molecule has 10 nitrogen and oxygen atoms in total. The van der Waals surface area contributed by atoms with Gasteiger partial charge in [0.15, 0.2) is 5.69 Å². The number of ether oxygens (including phenoxy) is 1. The number of carbonyl (C=O) groups excluding carboxylic acids is 2. The van der Waals surface area contributed by atoms with Crippen LogP contribution < -0.4 is 20.3 Å². The van der Waals surface area contributed by atoms with E-state index in [2.05, 4.69) is 25.8 Å². The van der Waals surface area contributed by atoms with Gasteiger partial charge in [0.05, 0.1) is 12.0 Å². The van der Waals surface area contributed by atoms with E-state index in [0.717, 1.165) is 12.1 Å². The summed E-state index contributed by atoms with van der Waals surface area (Å²) in [6, 6.07) is 13.4. The Kier molecular flexibility index (Phi) is 7.34. The van der Waals surface area contributed by atoms with Crippen LogP contribution in [0.5, 0.6) is 5.75 Å². The van der Waals surface area contributed by atoms with E-state index in [9.17, 15) is 18.0 Å². The Labute approximate surface area is 191 Å². The molecule has 0 fully saturated rings. The van der Waals surface area contributed by atoms with Crippen LogP contribution in [-0.2, 0) is 16.4 Å². The lowest BCUT2D eigenvalue weighted by Gasteiger charge is -2.10. The Bertz CT molecular complexity index is 1240. The number of sulfonamides is 1. The topological polar surface area (TPSA) is 142 Å². The van der Waals surface area contributed by atoms with Crippen LogP contribution in [0.15, 0.2) is 59.5 Å². The number of H-pyrrole nitrogens is 1. The number of benzene rings is 2. The van der Waals surface area contributed by atoms with Gasteiger partial charge in [0.25, 0.3) is 21.8 Å². The van der Waals surface area contributed by atoms with Crippen LogP contribution in [0.1, 0.15) is 40.4 Å². The molecule has 0 radical (unpaired) electrons. The average Bonchev–Trinajstić information content (AvgIpc) is 3.25. The maximum Gasteiger partial charge on any atom is 0.290 e. The molecule has 1 aromatic heterocycles. The van der Waals surface area contributed by atoms with E-state index < -0.39 is 21.8 Å². The first-order chi connectivity index (χ1) is 15.7. The molecule has 0 saturated heterocycles. The van der Waals surface area contributed by atoms with Crippen molar-refractivity contribution in [2.75, 3.05) is 11.8 Å². The number of rotatable bonds is 8. The molecule has 174 valence electrons. The Morgan fingerprint density at radius 2 is 1.73 bits per heavy atom. The van der Waals surface area contributed by atoms with Crippen molar-refractivity contribution in [1.29, 1.82) is 0 Å². The summed E-state index contributed by atoms with van der Waals surface area (Å²) in [4.78, 5) is 24.6. The zero-order valence-electron chi connectivity index (χ0n) is 18.4. The second-order valence-electron chi connectivity index (χ2n) is 7.65. The fourth-order valence-electron chi connectivity index (χ4n) is 2.95. The van der Waals surface area contributed by atoms with Crippen LogP contribution in [-0.4, -0.2) is 37.5 Å². The Balaban J connectivity index is 1.64. The molecule has 0 bridgehead atoms. The summed E-state index contributed by atoms with van der Waals surface area (Å²) in [7, 11) is -2.43. The molecule has 3 rings (SSSR count). The molecular formula is C22H25N5O5S. The number of anilines is 1. The Morgan fingerprint density at radius 3 is 2.39 bits per heavy atom. The number of nitrogens with zero attached hydrogens (tertiary/aromatic N) is 1. The fourth-order valence-corrected chi connectivity index (χ4v) is 4.05. The number of carbonyl (C=O) groups is 2. The van der Waals surface area contributed by atoms with E-state index in [-0.39, 0.29) is 16.2 Å². The van der Waals surface area contributed by atoms with Crippen molar-refractivity contribution in [2.24, 2.45) is 5.92 Å². The first-order valence-electron chi connectivity index (χ1n) is 10.1. The summed E-state index contributed by atoms with van der Waals surface area (Å²) >= 11 is 0. The molecule has 2 amide bonds. The maximum absolute atomic E-state index is 12.7. The quantitative estimate of drug-likeness (QED) is 0.372. The third-order valence-corrected chi connectivity index (χ3v) is 5.91. The van der Waals surface area contributed by atoms with E-state index in [0.29, 0.717) is 17.4 Å². The minimum atomic E-state index is -3.94. The highest BCUT2D eigenvalue weighted by atomic mass is 32.2. The van der Waals surface area contributed by atoms with Crippen molar-refractivity contribution >= 4 is 27.5 Å². The van der Waals surface area contributed by atoms with Gasteiger partial charge >= 0.3 is 0 Å². The molecule has 0 aliphatic rings. The maximum atomic E-state index is 12.7. The van der Waals surface area contributed by atoms with Gasteiger partial charge in [-0.05, 0) is 60.9 Å². The predicted molar refractivity (Wildman–Crippen MR) is 122 cm³/mol.